The van der Waals surface area contributed by atoms with Gasteiger partial charge in [-0.15, -0.1) is 11.3 Å². The molecule has 2 heterocycles. The van der Waals surface area contributed by atoms with Crippen LogP contribution >= 0.6 is 11.3 Å². The van der Waals surface area contributed by atoms with E-state index in [1.165, 1.54) is 0 Å². The average Bonchev–Trinajstić information content (AvgIpc) is 3.15. The lowest BCUT2D eigenvalue weighted by atomic mass is 9.94. The molecule has 0 radical (unpaired) electrons. The van der Waals surface area contributed by atoms with Crippen molar-refractivity contribution in [1.82, 2.24) is 10.5 Å². The number of carbonyl (C=O) groups is 1. The third-order valence-corrected chi connectivity index (χ3v) is 5.19. The van der Waals surface area contributed by atoms with Crippen molar-refractivity contribution in [1.29, 1.82) is 5.26 Å². The van der Waals surface area contributed by atoms with Crippen molar-refractivity contribution in [2.75, 3.05) is 12.4 Å². The van der Waals surface area contributed by atoms with Crippen molar-refractivity contribution < 1.29 is 14.1 Å². The van der Waals surface area contributed by atoms with E-state index in [0.29, 0.717) is 12.2 Å². The van der Waals surface area contributed by atoms with Gasteiger partial charge in [-0.3, -0.25) is 0 Å². The van der Waals surface area contributed by atoms with Crippen LogP contribution in [0, 0.1) is 18.3 Å². The molecule has 2 aromatic rings. The fraction of sp³-hybridized carbons (Fsp3) is 0.438. The van der Waals surface area contributed by atoms with Gasteiger partial charge in [0.2, 0.25) is 0 Å². The van der Waals surface area contributed by atoms with E-state index in [-0.39, 0.29) is 12.6 Å². The molecule has 24 heavy (non-hydrogen) atoms. The van der Waals surface area contributed by atoms with Gasteiger partial charge in [-0.2, -0.15) is 5.26 Å². The van der Waals surface area contributed by atoms with Crippen LogP contribution in [0.3, 0.4) is 0 Å². The Hall–Kier alpha value is -2.53. The van der Waals surface area contributed by atoms with Crippen molar-refractivity contribution >= 4 is 22.4 Å². The Kier molecular flexibility index (Phi) is 4.71. The quantitative estimate of drug-likeness (QED) is 0.883. The second kappa shape index (κ2) is 6.93. The number of rotatable bonds is 4. The molecule has 1 unspecified atom stereocenters. The number of hydrogen-bond acceptors (Lipinski definition) is 7. The van der Waals surface area contributed by atoms with Crippen LogP contribution in [0.25, 0.3) is 0 Å². The first kappa shape index (κ1) is 16.3. The number of nitriles is 1. The molecule has 8 heteroatoms. The molecular formula is C16H18N4O3S. The molecule has 7 nitrogen and oxygen atoms in total. The number of anilines is 1. The summed E-state index contributed by atoms with van der Waals surface area (Å²) in [7, 11) is 1.81. The molecule has 0 fully saturated rings. The summed E-state index contributed by atoms with van der Waals surface area (Å²) in [5.74, 6) is 0.589. The van der Waals surface area contributed by atoms with Gasteiger partial charge in [0.15, 0.2) is 5.76 Å². The number of fused-ring (bicyclic) bond motifs is 1. The summed E-state index contributed by atoms with van der Waals surface area (Å²) in [6, 6.07) is 4.03. The third-order valence-electron chi connectivity index (χ3n) is 3.92. The summed E-state index contributed by atoms with van der Waals surface area (Å²) >= 11 is 1.56. The van der Waals surface area contributed by atoms with Gasteiger partial charge in [-0.25, -0.2) is 4.79 Å². The number of hydrogen-bond donors (Lipinski definition) is 2. The predicted octanol–water partition coefficient (Wildman–Crippen LogP) is 2.74. The number of aromatic nitrogens is 1. The summed E-state index contributed by atoms with van der Waals surface area (Å²) in [4.78, 5) is 13.0. The topological polar surface area (TPSA) is 100 Å². The van der Waals surface area contributed by atoms with Crippen molar-refractivity contribution in [2.45, 2.75) is 38.8 Å². The number of nitrogens with zero attached hydrogens (tertiary/aromatic N) is 2. The SMILES string of the molecule is CNc1sc2c(c1C#N)CCC(OC(=O)NCc1cc(C)no1)C2. The zero-order chi connectivity index (χ0) is 17.1. The van der Waals surface area contributed by atoms with E-state index in [4.69, 9.17) is 9.26 Å². The summed E-state index contributed by atoms with van der Waals surface area (Å²) in [6.07, 6.45) is 1.46. The molecule has 1 atom stereocenters. The van der Waals surface area contributed by atoms with Crippen molar-refractivity contribution in [2.24, 2.45) is 0 Å². The fourth-order valence-electron chi connectivity index (χ4n) is 2.80. The van der Waals surface area contributed by atoms with E-state index >= 15 is 0 Å². The van der Waals surface area contributed by atoms with Crippen molar-refractivity contribution in [3.63, 3.8) is 0 Å². The Morgan fingerprint density at radius 1 is 1.62 bits per heavy atom. The number of alkyl carbamates (subject to hydrolysis) is 1. The second-order valence-electron chi connectivity index (χ2n) is 5.63. The molecule has 1 aliphatic carbocycles. The number of thiophene rings is 1. The minimum absolute atomic E-state index is 0.177. The van der Waals surface area contributed by atoms with Gasteiger partial charge in [0, 0.05) is 24.4 Å². The zero-order valence-corrected chi connectivity index (χ0v) is 14.3. The van der Waals surface area contributed by atoms with Crippen LogP contribution in [0.5, 0.6) is 0 Å². The number of nitrogens with one attached hydrogen (secondary N) is 2. The molecular weight excluding hydrogens is 328 g/mol. The number of carbonyl (C=O) groups excluding carboxylic acids is 1. The Morgan fingerprint density at radius 2 is 2.46 bits per heavy atom. The Balaban J connectivity index is 1.57. The van der Waals surface area contributed by atoms with E-state index < -0.39 is 6.09 Å². The predicted molar refractivity (Wildman–Crippen MR) is 89.0 cm³/mol. The third kappa shape index (κ3) is 3.36. The highest BCUT2D eigenvalue weighted by atomic mass is 32.1. The minimum atomic E-state index is -0.469. The van der Waals surface area contributed by atoms with Gasteiger partial charge in [0.1, 0.15) is 17.2 Å². The Bertz CT molecular complexity index is 790. The lowest BCUT2D eigenvalue weighted by molar-refractivity contribution is 0.0891. The molecule has 0 saturated heterocycles. The van der Waals surface area contributed by atoms with Crippen molar-refractivity contribution in [3.05, 3.63) is 33.5 Å². The van der Waals surface area contributed by atoms with Crippen LogP contribution in [-0.4, -0.2) is 24.4 Å². The maximum absolute atomic E-state index is 11.9. The summed E-state index contributed by atoms with van der Waals surface area (Å²) in [5, 5.41) is 19.7. The molecule has 2 aromatic heterocycles. The first-order chi connectivity index (χ1) is 11.6. The smallest absolute Gasteiger partial charge is 0.407 e. The van der Waals surface area contributed by atoms with Gasteiger partial charge in [-0.1, -0.05) is 5.16 Å². The van der Waals surface area contributed by atoms with Gasteiger partial charge >= 0.3 is 6.09 Å². The molecule has 1 amide bonds. The van der Waals surface area contributed by atoms with Crippen LogP contribution in [0.15, 0.2) is 10.6 Å². The number of amides is 1. The standard InChI is InChI=1S/C16H18N4O3S/c1-9-5-11(23-20-9)8-19-16(21)22-10-3-4-12-13(7-17)15(18-2)24-14(12)6-10/h5,10,18H,3-4,6,8H2,1-2H3,(H,19,21). The molecule has 0 bridgehead atoms. The van der Waals surface area contributed by atoms with E-state index in [9.17, 15) is 10.1 Å². The lowest BCUT2D eigenvalue weighted by Crippen LogP contribution is -2.31. The van der Waals surface area contributed by atoms with E-state index in [1.807, 2.05) is 14.0 Å². The van der Waals surface area contributed by atoms with Gasteiger partial charge in [0.25, 0.3) is 0 Å². The number of aryl methyl sites for hydroxylation is 1. The molecule has 1 aliphatic rings. The minimum Gasteiger partial charge on any atom is -0.446 e. The summed E-state index contributed by atoms with van der Waals surface area (Å²) in [6.45, 7) is 2.07. The van der Waals surface area contributed by atoms with E-state index in [2.05, 4.69) is 21.9 Å². The number of ether oxygens (including phenoxy) is 1. The monoisotopic (exact) mass is 346 g/mol. The molecule has 0 aliphatic heterocycles. The van der Waals surface area contributed by atoms with Gasteiger partial charge < -0.3 is 19.9 Å². The van der Waals surface area contributed by atoms with Crippen LogP contribution in [0.1, 0.15) is 33.9 Å². The highest BCUT2D eigenvalue weighted by Gasteiger charge is 2.27. The van der Waals surface area contributed by atoms with Gasteiger partial charge in [-0.05, 0) is 25.3 Å². The maximum atomic E-state index is 11.9. The average molecular weight is 346 g/mol. The van der Waals surface area contributed by atoms with Gasteiger partial charge in [0.05, 0.1) is 17.8 Å². The molecule has 126 valence electrons. The molecule has 0 saturated carbocycles. The molecule has 0 aromatic carbocycles. The van der Waals surface area contributed by atoms with Crippen LogP contribution < -0.4 is 10.6 Å². The Labute approximate surface area is 143 Å². The summed E-state index contributed by atoms with van der Waals surface area (Å²) < 4.78 is 10.5. The first-order valence-electron chi connectivity index (χ1n) is 7.69. The van der Waals surface area contributed by atoms with Crippen LogP contribution in [-0.2, 0) is 24.1 Å². The normalized spacial score (nSPS) is 16.1. The fourth-order valence-corrected chi connectivity index (χ4v) is 4.02. The largest absolute Gasteiger partial charge is 0.446 e. The van der Waals surface area contributed by atoms with E-state index in [0.717, 1.165) is 39.5 Å². The summed E-state index contributed by atoms with van der Waals surface area (Å²) in [5.41, 5.74) is 2.58. The first-order valence-corrected chi connectivity index (χ1v) is 8.51. The Morgan fingerprint density at radius 3 is 3.12 bits per heavy atom. The maximum Gasteiger partial charge on any atom is 0.407 e. The van der Waals surface area contributed by atoms with Crippen LogP contribution in [0.4, 0.5) is 9.80 Å². The lowest BCUT2D eigenvalue weighted by Gasteiger charge is -2.22. The van der Waals surface area contributed by atoms with Crippen molar-refractivity contribution in [3.8, 4) is 6.07 Å². The second-order valence-corrected chi connectivity index (χ2v) is 6.73. The highest BCUT2D eigenvalue weighted by molar-refractivity contribution is 7.16. The molecule has 2 N–H and O–H groups in total. The zero-order valence-electron chi connectivity index (χ0n) is 13.5. The molecule has 3 rings (SSSR count). The van der Waals surface area contributed by atoms with E-state index in [1.54, 1.807) is 17.4 Å². The van der Waals surface area contributed by atoms with Crippen LogP contribution in [0.2, 0.25) is 0 Å². The molecule has 0 spiro atoms. The highest BCUT2D eigenvalue weighted by Crippen LogP contribution is 2.38.